The molecule has 3 aliphatic carbocycles. The summed E-state index contributed by atoms with van der Waals surface area (Å²) in [6.45, 7) is 6.33. The summed E-state index contributed by atoms with van der Waals surface area (Å²) in [4.78, 5) is 11.2. The largest absolute Gasteiger partial charge is 0.385 e. The highest BCUT2D eigenvalue weighted by molar-refractivity contribution is 5.79. The van der Waals surface area contributed by atoms with Crippen molar-refractivity contribution in [2.45, 2.75) is 57.7 Å². The summed E-state index contributed by atoms with van der Waals surface area (Å²) in [6, 6.07) is 0. The first-order valence-electron chi connectivity index (χ1n) is 6.80. The standard InChI is InChI=1S/C15H22O3/c1-12(2)7-11-13(3)4-5-15(13,18)10(8-16)6-14(11,17)9-12/h6,8,11,17-18H,4-5,7,9H2,1-3H3/t11-,13-,14?,15?/m1/s1. The topological polar surface area (TPSA) is 57.5 Å². The Bertz CT molecular complexity index is 453. The minimum Gasteiger partial charge on any atom is -0.385 e. The minimum absolute atomic E-state index is 0.0578. The van der Waals surface area contributed by atoms with E-state index < -0.39 is 11.2 Å². The van der Waals surface area contributed by atoms with E-state index in [0.29, 0.717) is 18.4 Å². The number of hydrogen-bond donors (Lipinski definition) is 2. The molecule has 0 spiro atoms. The Morgan fingerprint density at radius 3 is 2.44 bits per heavy atom. The van der Waals surface area contributed by atoms with Gasteiger partial charge in [0.25, 0.3) is 0 Å². The van der Waals surface area contributed by atoms with Gasteiger partial charge in [0.2, 0.25) is 0 Å². The van der Waals surface area contributed by atoms with Gasteiger partial charge in [0.15, 0.2) is 0 Å². The molecule has 0 amide bonds. The van der Waals surface area contributed by atoms with Gasteiger partial charge < -0.3 is 10.2 Å². The Morgan fingerprint density at radius 2 is 1.94 bits per heavy atom. The number of aliphatic hydroxyl groups is 2. The van der Waals surface area contributed by atoms with Crippen LogP contribution in [0.25, 0.3) is 0 Å². The molecule has 0 saturated heterocycles. The maximum absolute atomic E-state index is 11.2. The molecule has 0 aromatic carbocycles. The molecule has 100 valence electrons. The third-order valence-electron chi connectivity index (χ3n) is 5.85. The van der Waals surface area contributed by atoms with Gasteiger partial charge in [-0.3, -0.25) is 4.79 Å². The molecule has 0 radical (unpaired) electrons. The van der Waals surface area contributed by atoms with Crippen LogP contribution in [0.5, 0.6) is 0 Å². The normalized spacial score (nSPS) is 52.9. The zero-order chi connectivity index (χ0) is 13.4. The molecule has 2 unspecified atom stereocenters. The molecule has 0 aromatic heterocycles. The van der Waals surface area contributed by atoms with E-state index >= 15 is 0 Å². The predicted octanol–water partition coefficient (Wildman–Crippen LogP) is 1.82. The highest BCUT2D eigenvalue weighted by Gasteiger charge is 2.70. The van der Waals surface area contributed by atoms with Crippen molar-refractivity contribution in [2.75, 3.05) is 0 Å². The van der Waals surface area contributed by atoms with Gasteiger partial charge in [-0.2, -0.15) is 0 Å². The van der Waals surface area contributed by atoms with Crippen LogP contribution < -0.4 is 0 Å². The molecular formula is C15H22O3. The number of carbonyl (C=O) groups is 1. The molecule has 2 fully saturated rings. The minimum atomic E-state index is -1.01. The number of fused-ring (bicyclic) bond motifs is 3. The van der Waals surface area contributed by atoms with E-state index in [9.17, 15) is 15.0 Å². The maximum Gasteiger partial charge on any atom is 0.148 e. The second-order valence-electron chi connectivity index (χ2n) is 7.58. The van der Waals surface area contributed by atoms with Gasteiger partial charge in [0.1, 0.15) is 6.29 Å². The van der Waals surface area contributed by atoms with Crippen LogP contribution in [0.4, 0.5) is 0 Å². The summed E-state index contributed by atoms with van der Waals surface area (Å²) in [6.07, 6.45) is 5.49. The maximum atomic E-state index is 11.2. The average Bonchev–Trinajstić information content (AvgIpc) is 2.52. The van der Waals surface area contributed by atoms with E-state index in [0.717, 1.165) is 19.1 Å². The van der Waals surface area contributed by atoms with E-state index in [1.807, 2.05) is 6.92 Å². The molecule has 3 nitrogen and oxygen atoms in total. The molecular weight excluding hydrogens is 228 g/mol. The van der Waals surface area contributed by atoms with Crippen molar-refractivity contribution < 1.29 is 15.0 Å². The highest BCUT2D eigenvalue weighted by Crippen LogP contribution is 2.68. The Hall–Kier alpha value is -0.670. The zero-order valence-corrected chi connectivity index (χ0v) is 11.4. The molecule has 18 heavy (non-hydrogen) atoms. The molecule has 3 rings (SSSR count). The fraction of sp³-hybridized carbons (Fsp3) is 0.800. The lowest BCUT2D eigenvalue weighted by Crippen LogP contribution is -2.66. The van der Waals surface area contributed by atoms with Gasteiger partial charge in [0, 0.05) is 16.9 Å². The van der Waals surface area contributed by atoms with Crippen molar-refractivity contribution >= 4 is 6.29 Å². The van der Waals surface area contributed by atoms with Gasteiger partial charge in [-0.25, -0.2) is 0 Å². The molecule has 3 aliphatic rings. The van der Waals surface area contributed by atoms with Crippen molar-refractivity contribution in [3.63, 3.8) is 0 Å². The third-order valence-corrected chi connectivity index (χ3v) is 5.85. The van der Waals surface area contributed by atoms with Crippen molar-refractivity contribution in [3.8, 4) is 0 Å². The first-order valence-corrected chi connectivity index (χ1v) is 6.80. The van der Waals surface area contributed by atoms with Crippen LogP contribution in [-0.4, -0.2) is 27.7 Å². The summed E-state index contributed by atoms with van der Waals surface area (Å²) in [7, 11) is 0. The Balaban J connectivity index is 2.15. The SMILES string of the molecule is CC1(C)C[C@H]2C(O)(C=C(C=O)C3(O)CC[C@]23C)C1. The lowest BCUT2D eigenvalue weighted by molar-refractivity contribution is -0.199. The van der Waals surface area contributed by atoms with Crippen molar-refractivity contribution in [1.29, 1.82) is 0 Å². The van der Waals surface area contributed by atoms with Crippen molar-refractivity contribution in [3.05, 3.63) is 11.6 Å². The fourth-order valence-electron chi connectivity index (χ4n) is 4.83. The number of carbonyl (C=O) groups excluding carboxylic acids is 1. The number of aldehydes is 1. The molecule has 0 heterocycles. The zero-order valence-electron chi connectivity index (χ0n) is 11.4. The van der Waals surface area contributed by atoms with Gasteiger partial charge in [-0.1, -0.05) is 20.8 Å². The summed E-state index contributed by atoms with van der Waals surface area (Å²) in [5, 5.41) is 21.7. The fourth-order valence-corrected chi connectivity index (χ4v) is 4.83. The van der Waals surface area contributed by atoms with E-state index in [1.54, 1.807) is 6.08 Å². The van der Waals surface area contributed by atoms with Crippen molar-refractivity contribution in [1.82, 2.24) is 0 Å². The Morgan fingerprint density at radius 1 is 1.28 bits per heavy atom. The van der Waals surface area contributed by atoms with Gasteiger partial charge in [-0.15, -0.1) is 0 Å². The van der Waals surface area contributed by atoms with Crippen LogP contribution in [0.15, 0.2) is 11.6 Å². The van der Waals surface area contributed by atoms with Crippen LogP contribution in [0.2, 0.25) is 0 Å². The predicted molar refractivity (Wildman–Crippen MR) is 67.9 cm³/mol. The van der Waals surface area contributed by atoms with Crippen LogP contribution in [0, 0.1) is 16.7 Å². The van der Waals surface area contributed by atoms with Gasteiger partial charge in [0.05, 0.1) is 11.2 Å². The monoisotopic (exact) mass is 250 g/mol. The van der Waals surface area contributed by atoms with E-state index in [1.165, 1.54) is 0 Å². The van der Waals surface area contributed by atoms with Crippen LogP contribution in [0.3, 0.4) is 0 Å². The second-order valence-corrected chi connectivity index (χ2v) is 7.58. The lowest BCUT2D eigenvalue weighted by atomic mass is 9.45. The number of hydrogen-bond acceptors (Lipinski definition) is 3. The van der Waals surface area contributed by atoms with E-state index in [2.05, 4.69) is 13.8 Å². The summed E-state index contributed by atoms with van der Waals surface area (Å²) >= 11 is 0. The Labute approximate surface area is 108 Å². The first kappa shape index (κ1) is 12.4. The smallest absolute Gasteiger partial charge is 0.148 e. The quantitative estimate of drug-likeness (QED) is 0.698. The van der Waals surface area contributed by atoms with Crippen molar-refractivity contribution in [2.24, 2.45) is 16.7 Å². The molecule has 4 atom stereocenters. The van der Waals surface area contributed by atoms with Gasteiger partial charge >= 0.3 is 0 Å². The van der Waals surface area contributed by atoms with Crippen LogP contribution >= 0.6 is 0 Å². The Kier molecular flexibility index (Phi) is 2.11. The average molecular weight is 250 g/mol. The highest BCUT2D eigenvalue weighted by atomic mass is 16.3. The molecule has 2 N–H and O–H groups in total. The summed E-state index contributed by atoms with van der Waals surface area (Å²) < 4.78 is 0. The van der Waals surface area contributed by atoms with Crippen LogP contribution in [-0.2, 0) is 4.79 Å². The molecule has 2 saturated carbocycles. The summed E-state index contributed by atoms with van der Waals surface area (Å²) in [5.41, 5.74) is -1.81. The molecule has 3 heteroatoms. The summed E-state index contributed by atoms with van der Waals surface area (Å²) in [5.74, 6) is 0.0578. The van der Waals surface area contributed by atoms with Crippen LogP contribution in [0.1, 0.15) is 46.5 Å². The molecule has 0 aromatic rings. The number of rotatable bonds is 1. The molecule has 0 aliphatic heterocycles. The third kappa shape index (κ3) is 1.19. The van der Waals surface area contributed by atoms with E-state index in [-0.39, 0.29) is 16.7 Å². The van der Waals surface area contributed by atoms with E-state index in [4.69, 9.17) is 0 Å². The first-order chi connectivity index (χ1) is 8.17. The second kappa shape index (κ2) is 3.07. The molecule has 0 bridgehead atoms. The van der Waals surface area contributed by atoms with Gasteiger partial charge in [-0.05, 0) is 37.2 Å². The lowest BCUT2D eigenvalue weighted by Gasteiger charge is -2.63.